The molecule has 13 heavy (non-hydrogen) atoms. The molecule has 1 aliphatic rings. The van der Waals surface area contributed by atoms with Gasteiger partial charge in [-0.3, -0.25) is 0 Å². The van der Waals surface area contributed by atoms with Crippen LogP contribution in [0.15, 0.2) is 4.52 Å². The first-order chi connectivity index (χ1) is 6.40. The molecule has 0 N–H and O–H groups in total. The SMILES string of the molecule is ClCc1noc(C2CCCOC2)n1. The summed E-state index contributed by atoms with van der Waals surface area (Å²) < 4.78 is 10.4. The van der Waals surface area contributed by atoms with Crippen LogP contribution in [0.2, 0.25) is 0 Å². The van der Waals surface area contributed by atoms with Crippen LogP contribution in [0.25, 0.3) is 0 Å². The maximum absolute atomic E-state index is 5.56. The molecule has 0 amide bonds. The number of halogens is 1. The van der Waals surface area contributed by atoms with Crippen molar-refractivity contribution < 1.29 is 9.26 Å². The number of alkyl halides is 1. The van der Waals surface area contributed by atoms with Crippen LogP contribution in [-0.4, -0.2) is 23.4 Å². The summed E-state index contributed by atoms with van der Waals surface area (Å²) >= 11 is 5.56. The third-order valence-corrected chi connectivity index (χ3v) is 2.35. The molecule has 1 saturated heterocycles. The first-order valence-electron chi connectivity index (χ1n) is 4.36. The van der Waals surface area contributed by atoms with E-state index in [9.17, 15) is 0 Å². The van der Waals surface area contributed by atoms with E-state index in [1.54, 1.807) is 0 Å². The summed E-state index contributed by atoms with van der Waals surface area (Å²) in [4.78, 5) is 4.16. The highest BCUT2D eigenvalue weighted by Crippen LogP contribution is 2.23. The first kappa shape index (κ1) is 8.97. The van der Waals surface area contributed by atoms with Crippen molar-refractivity contribution >= 4 is 11.6 Å². The molecular formula is C8H11ClN2O2. The predicted octanol–water partition coefficient (Wildman–Crippen LogP) is 1.70. The molecule has 1 fully saturated rings. The summed E-state index contributed by atoms with van der Waals surface area (Å²) in [5.41, 5.74) is 0. The van der Waals surface area contributed by atoms with Gasteiger partial charge in [0, 0.05) is 6.61 Å². The van der Waals surface area contributed by atoms with Crippen molar-refractivity contribution in [3.05, 3.63) is 11.7 Å². The number of hydrogen-bond donors (Lipinski definition) is 0. The highest BCUT2D eigenvalue weighted by molar-refractivity contribution is 6.16. The van der Waals surface area contributed by atoms with E-state index in [-0.39, 0.29) is 5.92 Å². The second kappa shape index (κ2) is 4.07. The van der Waals surface area contributed by atoms with Gasteiger partial charge in [-0.05, 0) is 12.8 Å². The Kier molecular flexibility index (Phi) is 2.80. The van der Waals surface area contributed by atoms with Gasteiger partial charge in [-0.1, -0.05) is 5.16 Å². The van der Waals surface area contributed by atoms with E-state index in [1.807, 2.05) is 0 Å². The van der Waals surface area contributed by atoms with Crippen molar-refractivity contribution in [1.29, 1.82) is 0 Å². The van der Waals surface area contributed by atoms with Crippen LogP contribution in [0.4, 0.5) is 0 Å². The van der Waals surface area contributed by atoms with Crippen LogP contribution < -0.4 is 0 Å². The van der Waals surface area contributed by atoms with Gasteiger partial charge in [-0.2, -0.15) is 4.98 Å². The van der Waals surface area contributed by atoms with Gasteiger partial charge < -0.3 is 9.26 Å². The van der Waals surface area contributed by atoms with Gasteiger partial charge in [0.1, 0.15) is 0 Å². The van der Waals surface area contributed by atoms with E-state index in [2.05, 4.69) is 10.1 Å². The minimum Gasteiger partial charge on any atom is -0.381 e. The van der Waals surface area contributed by atoms with E-state index < -0.39 is 0 Å². The van der Waals surface area contributed by atoms with Gasteiger partial charge in [0.25, 0.3) is 0 Å². The van der Waals surface area contributed by atoms with Crippen molar-refractivity contribution in [3.63, 3.8) is 0 Å². The smallest absolute Gasteiger partial charge is 0.232 e. The van der Waals surface area contributed by atoms with E-state index in [1.165, 1.54) is 0 Å². The maximum Gasteiger partial charge on any atom is 0.232 e. The zero-order valence-electron chi connectivity index (χ0n) is 7.20. The fourth-order valence-corrected chi connectivity index (χ4v) is 1.53. The third-order valence-electron chi connectivity index (χ3n) is 2.11. The minimum absolute atomic E-state index is 0.262. The Morgan fingerprint density at radius 2 is 2.46 bits per heavy atom. The molecular weight excluding hydrogens is 192 g/mol. The van der Waals surface area contributed by atoms with E-state index in [0.717, 1.165) is 19.4 Å². The molecule has 2 rings (SSSR count). The zero-order chi connectivity index (χ0) is 9.10. The van der Waals surface area contributed by atoms with E-state index in [0.29, 0.717) is 24.2 Å². The normalized spacial score (nSPS) is 23.3. The zero-order valence-corrected chi connectivity index (χ0v) is 7.96. The lowest BCUT2D eigenvalue weighted by molar-refractivity contribution is 0.0705. The molecule has 1 unspecified atom stereocenters. The molecule has 0 spiro atoms. The van der Waals surface area contributed by atoms with Gasteiger partial charge in [0.15, 0.2) is 5.82 Å². The average molecular weight is 203 g/mol. The van der Waals surface area contributed by atoms with Crippen molar-refractivity contribution in [1.82, 2.24) is 10.1 Å². The number of hydrogen-bond acceptors (Lipinski definition) is 4. The van der Waals surface area contributed by atoms with E-state index >= 15 is 0 Å². The Morgan fingerprint density at radius 1 is 1.54 bits per heavy atom. The van der Waals surface area contributed by atoms with Crippen LogP contribution in [0.3, 0.4) is 0 Å². The summed E-state index contributed by atoms with van der Waals surface area (Å²) in [7, 11) is 0. The molecule has 0 saturated carbocycles. The first-order valence-corrected chi connectivity index (χ1v) is 4.90. The van der Waals surface area contributed by atoms with Gasteiger partial charge in [0.2, 0.25) is 5.89 Å². The van der Waals surface area contributed by atoms with Crippen LogP contribution in [0.1, 0.15) is 30.5 Å². The largest absolute Gasteiger partial charge is 0.381 e. The molecule has 4 nitrogen and oxygen atoms in total. The van der Waals surface area contributed by atoms with Gasteiger partial charge in [-0.25, -0.2) is 0 Å². The molecule has 0 bridgehead atoms. The van der Waals surface area contributed by atoms with E-state index in [4.69, 9.17) is 20.9 Å². The molecule has 0 aliphatic carbocycles. The molecule has 1 atom stereocenters. The fourth-order valence-electron chi connectivity index (χ4n) is 1.42. The molecule has 0 radical (unpaired) electrons. The standard InChI is InChI=1S/C8H11ClN2O2/c9-4-7-10-8(13-11-7)6-2-1-3-12-5-6/h6H,1-5H2. The molecule has 0 aromatic carbocycles. The van der Waals surface area contributed by atoms with Gasteiger partial charge in [0.05, 0.1) is 18.4 Å². The second-order valence-electron chi connectivity index (χ2n) is 3.10. The number of aromatic nitrogens is 2. The monoisotopic (exact) mass is 202 g/mol. The number of rotatable bonds is 2. The third kappa shape index (κ3) is 2.00. The van der Waals surface area contributed by atoms with Crippen molar-refractivity contribution in [3.8, 4) is 0 Å². The lowest BCUT2D eigenvalue weighted by Gasteiger charge is -2.17. The highest BCUT2D eigenvalue weighted by Gasteiger charge is 2.21. The summed E-state index contributed by atoms with van der Waals surface area (Å²) in [5.74, 6) is 1.78. The quantitative estimate of drug-likeness (QED) is 0.685. The number of nitrogens with zero attached hydrogens (tertiary/aromatic N) is 2. The Morgan fingerprint density at radius 3 is 3.08 bits per heavy atom. The van der Waals surface area contributed by atoms with Crippen molar-refractivity contribution in [2.24, 2.45) is 0 Å². The molecule has 1 aromatic rings. The van der Waals surface area contributed by atoms with Crippen LogP contribution in [0.5, 0.6) is 0 Å². The van der Waals surface area contributed by atoms with Crippen LogP contribution in [-0.2, 0) is 10.6 Å². The Bertz CT molecular complexity index is 271. The van der Waals surface area contributed by atoms with Gasteiger partial charge >= 0.3 is 0 Å². The number of ether oxygens (including phenoxy) is 1. The second-order valence-corrected chi connectivity index (χ2v) is 3.36. The summed E-state index contributed by atoms with van der Waals surface area (Å²) in [6.07, 6.45) is 2.12. The minimum atomic E-state index is 0.262. The lowest BCUT2D eigenvalue weighted by atomic mass is 10.0. The highest BCUT2D eigenvalue weighted by atomic mass is 35.5. The van der Waals surface area contributed by atoms with Crippen LogP contribution >= 0.6 is 11.6 Å². The molecule has 1 aliphatic heterocycles. The van der Waals surface area contributed by atoms with Crippen molar-refractivity contribution in [2.45, 2.75) is 24.6 Å². The molecule has 5 heteroatoms. The predicted molar refractivity (Wildman–Crippen MR) is 46.6 cm³/mol. The molecule has 2 heterocycles. The lowest BCUT2D eigenvalue weighted by Crippen LogP contribution is -2.15. The molecule has 1 aromatic heterocycles. The summed E-state index contributed by atoms with van der Waals surface area (Å²) in [6, 6.07) is 0. The summed E-state index contributed by atoms with van der Waals surface area (Å²) in [6.45, 7) is 1.52. The average Bonchev–Trinajstić information content (AvgIpc) is 2.67. The Balaban J connectivity index is 2.05. The Labute approximate surface area is 81.2 Å². The maximum atomic E-state index is 5.56. The summed E-state index contributed by atoms with van der Waals surface area (Å²) in [5, 5.41) is 3.74. The topological polar surface area (TPSA) is 48.2 Å². The Hall–Kier alpha value is -0.610. The molecule has 72 valence electrons. The van der Waals surface area contributed by atoms with Crippen molar-refractivity contribution in [2.75, 3.05) is 13.2 Å². The van der Waals surface area contributed by atoms with Crippen LogP contribution in [0, 0.1) is 0 Å². The fraction of sp³-hybridized carbons (Fsp3) is 0.750. The van der Waals surface area contributed by atoms with Gasteiger partial charge in [-0.15, -0.1) is 11.6 Å².